The van der Waals surface area contributed by atoms with Gasteiger partial charge in [0.2, 0.25) is 5.91 Å². The minimum absolute atomic E-state index is 0.0379. The van der Waals surface area contributed by atoms with Gasteiger partial charge in [-0.15, -0.1) is 11.8 Å². The number of thioether (sulfide) groups is 1. The molecule has 0 aromatic rings. The maximum absolute atomic E-state index is 12.0. The van der Waals surface area contributed by atoms with E-state index in [0.717, 1.165) is 19.3 Å². The van der Waals surface area contributed by atoms with Gasteiger partial charge in [0.1, 0.15) is 6.04 Å². The van der Waals surface area contributed by atoms with Gasteiger partial charge in [-0.1, -0.05) is 6.42 Å². The molecular formula is C12H16F3NO3S. The molecule has 8 heteroatoms. The number of amides is 1. The number of fused-ring (bicyclic) bond motifs is 1. The largest absolute Gasteiger partial charge is 0.480 e. The van der Waals surface area contributed by atoms with E-state index in [1.807, 2.05) is 0 Å². The summed E-state index contributed by atoms with van der Waals surface area (Å²) in [6.45, 7) is 0.368. The van der Waals surface area contributed by atoms with Gasteiger partial charge >= 0.3 is 12.1 Å². The molecule has 2 aliphatic rings. The predicted octanol–water partition coefficient (Wildman–Crippen LogP) is 1.99. The fourth-order valence-corrected chi connectivity index (χ4v) is 3.89. The number of hydrogen-bond donors (Lipinski definition) is 1. The van der Waals surface area contributed by atoms with Crippen LogP contribution in [-0.2, 0) is 9.59 Å². The summed E-state index contributed by atoms with van der Waals surface area (Å²) >= 11 is 0.488. The summed E-state index contributed by atoms with van der Waals surface area (Å²) in [7, 11) is 0. The van der Waals surface area contributed by atoms with E-state index in [4.69, 9.17) is 0 Å². The molecule has 3 unspecified atom stereocenters. The van der Waals surface area contributed by atoms with Crippen molar-refractivity contribution in [2.75, 3.05) is 18.1 Å². The molecule has 1 heterocycles. The van der Waals surface area contributed by atoms with E-state index < -0.39 is 29.8 Å². The van der Waals surface area contributed by atoms with Crippen molar-refractivity contribution in [2.45, 2.75) is 31.5 Å². The van der Waals surface area contributed by atoms with Gasteiger partial charge in [0.25, 0.3) is 0 Å². The van der Waals surface area contributed by atoms with Crippen LogP contribution in [-0.4, -0.2) is 52.2 Å². The quantitative estimate of drug-likeness (QED) is 0.863. The number of alkyl halides is 3. The number of carbonyl (C=O) groups excluding carboxylic acids is 1. The van der Waals surface area contributed by atoms with Crippen molar-refractivity contribution >= 4 is 23.6 Å². The van der Waals surface area contributed by atoms with Gasteiger partial charge in [-0.25, -0.2) is 4.79 Å². The number of carboxylic acids is 1. The van der Waals surface area contributed by atoms with Crippen molar-refractivity contribution in [3.63, 3.8) is 0 Å². The number of likely N-dealkylation sites (tertiary alicyclic amines) is 1. The third kappa shape index (κ3) is 3.39. The van der Waals surface area contributed by atoms with Gasteiger partial charge in [-0.3, -0.25) is 4.79 Å². The molecule has 0 aromatic heterocycles. The molecule has 4 nitrogen and oxygen atoms in total. The first-order valence-electron chi connectivity index (χ1n) is 6.46. The molecule has 1 saturated heterocycles. The Morgan fingerprint density at radius 1 is 1.30 bits per heavy atom. The van der Waals surface area contributed by atoms with Crippen LogP contribution in [0, 0.1) is 11.8 Å². The molecule has 114 valence electrons. The lowest BCUT2D eigenvalue weighted by molar-refractivity contribution is -0.148. The van der Waals surface area contributed by atoms with E-state index in [9.17, 15) is 27.9 Å². The third-order valence-electron chi connectivity index (χ3n) is 3.96. The monoisotopic (exact) mass is 311 g/mol. The van der Waals surface area contributed by atoms with Crippen molar-refractivity contribution in [2.24, 2.45) is 11.8 Å². The van der Waals surface area contributed by atoms with Gasteiger partial charge in [0.05, 0.1) is 11.5 Å². The number of hydrogen-bond acceptors (Lipinski definition) is 3. The molecule has 1 aliphatic heterocycles. The zero-order valence-corrected chi connectivity index (χ0v) is 11.5. The van der Waals surface area contributed by atoms with Crippen molar-refractivity contribution in [1.29, 1.82) is 0 Å². The number of halogens is 3. The third-order valence-corrected chi connectivity index (χ3v) is 4.94. The number of nitrogens with zero attached hydrogens (tertiary/aromatic N) is 1. The SMILES string of the molecule is O=C(O)C1C2CCCC2CN1C(=O)CSCC(F)(F)F. The highest BCUT2D eigenvalue weighted by atomic mass is 32.2. The molecule has 2 rings (SSSR count). The van der Waals surface area contributed by atoms with E-state index in [0.29, 0.717) is 18.3 Å². The smallest absolute Gasteiger partial charge is 0.397 e. The Kier molecular flexibility index (Phi) is 4.51. The Morgan fingerprint density at radius 2 is 2.00 bits per heavy atom. The van der Waals surface area contributed by atoms with E-state index in [1.165, 1.54) is 4.90 Å². The van der Waals surface area contributed by atoms with Crippen LogP contribution in [0.1, 0.15) is 19.3 Å². The number of carboxylic acid groups (broad SMARTS) is 1. The standard InChI is InChI=1S/C12H16F3NO3S/c13-12(14,15)6-20-5-9(17)16-4-7-2-1-3-8(7)10(16)11(18)19/h7-8,10H,1-6H2,(H,18,19). The van der Waals surface area contributed by atoms with Gasteiger partial charge in [-0.05, 0) is 24.7 Å². The maximum Gasteiger partial charge on any atom is 0.397 e. The highest BCUT2D eigenvalue weighted by Crippen LogP contribution is 2.42. The summed E-state index contributed by atoms with van der Waals surface area (Å²) in [5, 5.41) is 9.25. The average Bonchev–Trinajstić information content (AvgIpc) is 2.84. The van der Waals surface area contributed by atoms with E-state index >= 15 is 0 Å². The van der Waals surface area contributed by atoms with Crippen molar-refractivity contribution in [1.82, 2.24) is 4.90 Å². The summed E-state index contributed by atoms with van der Waals surface area (Å²) in [5.41, 5.74) is 0. The van der Waals surface area contributed by atoms with E-state index in [-0.39, 0.29) is 17.6 Å². The molecule has 20 heavy (non-hydrogen) atoms. The van der Waals surface area contributed by atoms with Crippen LogP contribution in [0.2, 0.25) is 0 Å². The normalized spacial score (nSPS) is 29.6. The first kappa shape index (κ1) is 15.5. The van der Waals surface area contributed by atoms with Gasteiger partial charge in [0.15, 0.2) is 0 Å². The van der Waals surface area contributed by atoms with E-state index in [1.54, 1.807) is 0 Å². The van der Waals surface area contributed by atoms with Crippen molar-refractivity contribution in [3.8, 4) is 0 Å². The van der Waals surface area contributed by atoms with Crippen molar-refractivity contribution in [3.05, 3.63) is 0 Å². The average molecular weight is 311 g/mol. The highest BCUT2D eigenvalue weighted by molar-refractivity contribution is 8.00. The molecule has 1 aliphatic carbocycles. The zero-order valence-electron chi connectivity index (χ0n) is 10.7. The second-order valence-electron chi connectivity index (χ2n) is 5.29. The maximum atomic E-state index is 12.0. The van der Waals surface area contributed by atoms with Crippen LogP contribution >= 0.6 is 11.8 Å². The second kappa shape index (κ2) is 5.83. The molecule has 0 spiro atoms. The summed E-state index contributed by atoms with van der Waals surface area (Å²) in [6, 6.07) is -0.860. The summed E-state index contributed by atoms with van der Waals surface area (Å²) in [6.07, 6.45) is -1.67. The molecule has 1 saturated carbocycles. The fourth-order valence-electron chi connectivity index (χ4n) is 3.22. The molecular weight excluding hydrogens is 295 g/mol. The molecule has 1 N–H and O–H groups in total. The summed E-state index contributed by atoms with van der Waals surface area (Å²) < 4.78 is 36.1. The lowest BCUT2D eigenvalue weighted by Gasteiger charge is -2.24. The molecule has 0 bridgehead atoms. The Balaban J connectivity index is 1.93. The summed E-state index contributed by atoms with van der Waals surface area (Å²) in [5.74, 6) is -2.80. The Labute approximate surface area is 118 Å². The molecule has 2 fully saturated rings. The fraction of sp³-hybridized carbons (Fsp3) is 0.833. The second-order valence-corrected chi connectivity index (χ2v) is 6.28. The lowest BCUT2D eigenvalue weighted by atomic mass is 9.94. The van der Waals surface area contributed by atoms with Crippen LogP contribution in [0.4, 0.5) is 13.2 Å². The zero-order chi connectivity index (χ0) is 14.9. The molecule has 3 atom stereocenters. The van der Waals surface area contributed by atoms with Crippen LogP contribution < -0.4 is 0 Å². The minimum atomic E-state index is -4.31. The lowest BCUT2D eigenvalue weighted by Crippen LogP contribution is -2.44. The number of rotatable bonds is 4. The van der Waals surface area contributed by atoms with Crippen LogP contribution in [0.15, 0.2) is 0 Å². The van der Waals surface area contributed by atoms with Crippen LogP contribution in [0.25, 0.3) is 0 Å². The highest BCUT2D eigenvalue weighted by Gasteiger charge is 2.49. The minimum Gasteiger partial charge on any atom is -0.480 e. The first-order chi connectivity index (χ1) is 9.29. The summed E-state index contributed by atoms with van der Waals surface area (Å²) in [4.78, 5) is 24.5. The Morgan fingerprint density at radius 3 is 2.60 bits per heavy atom. The number of carbonyl (C=O) groups is 2. The molecule has 1 amide bonds. The van der Waals surface area contributed by atoms with Crippen LogP contribution in [0.5, 0.6) is 0 Å². The van der Waals surface area contributed by atoms with Gasteiger partial charge < -0.3 is 10.0 Å². The van der Waals surface area contributed by atoms with Gasteiger partial charge in [0, 0.05) is 6.54 Å². The van der Waals surface area contributed by atoms with Crippen molar-refractivity contribution < 1.29 is 27.9 Å². The Hall–Kier alpha value is -0.920. The molecule has 0 radical (unpaired) electrons. The molecule has 0 aromatic carbocycles. The van der Waals surface area contributed by atoms with Crippen LogP contribution in [0.3, 0.4) is 0 Å². The topological polar surface area (TPSA) is 57.6 Å². The first-order valence-corrected chi connectivity index (χ1v) is 7.62. The Bertz CT molecular complexity index is 402. The predicted molar refractivity (Wildman–Crippen MR) is 67.3 cm³/mol. The van der Waals surface area contributed by atoms with E-state index in [2.05, 4.69) is 0 Å². The van der Waals surface area contributed by atoms with Gasteiger partial charge in [-0.2, -0.15) is 13.2 Å². The number of aliphatic carboxylic acids is 1.